The zero-order valence-electron chi connectivity index (χ0n) is 23.7. The number of nitrogens with one attached hydrogen (secondary N) is 1. The Bertz CT molecular complexity index is 1430. The number of carbonyl (C=O) groups excluding carboxylic acids is 4. The number of alkyl halides is 3. The van der Waals surface area contributed by atoms with Crippen molar-refractivity contribution in [1.29, 1.82) is 0 Å². The number of fused-ring (bicyclic) bond motifs is 1. The SMILES string of the molecule is CN1CCN(C(=O)CCC(=O)N[C@@H]2CN3C(=O)N(c4cc(Cl)cc(Cl)c4)C(=O)[C@]3(Cc3ccc(OC(F)(F)F)cc3)C2)CC1. The van der Waals surface area contributed by atoms with Gasteiger partial charge in [-0.1, -0.05) is 35.3 Å². The van der Waals surface area contributed by atoms with Gasteiger partial charge in [0.25, 0.3) is 5.91 Å². The summed E-state index contributed by atoms with van der Waals surface area (Å²) in [5.41, 5.74) is -0.809. The molecule has 3 fully saturated rings. The number of ether oxygens (including phenoxy) is 1. The van der Waals surface area contributed by atoms with E-state index in [0.717, 1.165) is 30.1 Å². The van der Waals surface area contributed by atoms with Crippen molar-refractivity contribution in [2.45, 2.75) is 43.6 Å². The number of likely N-dealkylation sites (N-methyl/N-ethyl adjacent to an activating group) is 1. The number of hydrogen-bond acceptors (Lipinski definition) is 6. The number of halogens is 5. The fourth-order valence-electron chi connectivity index (χ4n) is 5.97. The molecule has 3 heterocycles. The number of benzene rings is 2. The largest absolute Gasteiger partial charge is 0.573 e. The molecule has 0 unspecified atom stereocenters. The predicted octanol–water partition coefficient (Wildman–Crippen LogP) is 4.08. The van der Waals surface area contributed by atoms with Crippen LogP contribution in [0.1, 0.15) is 24.8 Å². The number of imide groups is 1. The van der Waals surface area contributed by atoms with Gasteiger partial charge in [-0.15, -0.1) is 13.2 Å². The van der Waals surface area contributed by atoms with E-state index < -0.39 is 35.6 Å². The Morgan fingerprint density at radius 1 is 1.00 bits per heavy atom. The van der Waals surface area contributed by atoms with Gasteiger partial charge in [0.15, 0.2) is 0 Å². The molecule has 10 nitrogen and oxygen atoms in total. The van der Waals surface area contributed by atoms with E-state index >= 15 is 0 Å². The molecule has 2 atom stereocenters. The fraction of sp³-hybridized carbons (Fsp3) is 0.448. The maximum Gasteiger partial charge on any atom is 0.573 e. The van der Waals surface area contributed by atoms with Crippen LogP contribution in [0.15, 0.2) is 42.5 Å². The molecule has 3 aliphatic heterocycles. The van der Waals surface area contributed by atoms with Crippen molar-refractivity contribution in [2.75, 3.05) is 44.7 Å². The lowest BCUT2D eigenvalue weighted by Gasteiger charge is -2.32. The molecule has 44 heavy (non-hydrogen) atoms. The summed E-state index contributed by atoms with van der Waals surface area (Å²) < 4.78 is 41.9. The van der Waals surface area contributed by atoms with Gasteiger partial charge < -0.3 is 24.8 Å². The van der Waals surface area contributed by atoms with Crippen LogP contribution in [0.3, 0.4) is 0 Å². The van der Waals surface area contributed by atoms with E-state index in [9.17, 15) is 32.3 Å². The van der Waals surface area contributed by atoms with Gasteiger partial charge in [0, 0.05) is 74.5 Å². The molecule has 5 amide bonds. The van der Waals surface area contributed by atoms with Gasteiger partial charge >= 0.3 is 12.4 Å². The first-order valence-electron chi connectivity index (χ1n) is 14.0. The maximum absolute atomic E-state index is 14.1. The van der Waals surface area contributed by atoms with Gasteiger partial charge in [-0.3, -0.25) is 14.4 Å². The summed E-state index contributed by atoms with van der Waals surface area (Å²) in [5, 5.41) is 3.29. The molecule has 0 spiro atoms. The summed E-state index contributed by atoms with van der Waals surface area (Å²) in [6.45, 7) is 2.72. The second-order valence-electron chi connectivity index (χ2n) is 11.2. The van der Waals surface area contributed by atoms with Crippen molar-refractivity contribution in [2.24, 2.45) is 0 Å². The van der Waals surface area contributed by atoms with Crippen molar-refractivity contribution < 1.29 is 37.1 Å². The molecule has 0 aromatic heterocycles. The van der Waals surface area contributed by atoms with Gasteiger partial charge in [-0.25, -0.2) is 9.69 Å². The van der Waals surface area contributed by atoms with Crippen LogP contribution >= 0.6 is 23.2 Å². The predicted molar refractivity (Wildman–Crippen MR) is 155 cm³/mol. The topological polar surface area (TPSA) is 103 Å². The summed E-state index contributed by atoms with van der Waals surface area (Å²) in [4.78, 5) is 59.5. The van der Waals surface area contributed by atoms with Crippen molar-refractivity contribution in [3.63, 3.8) is 0 Å². The molecule has 0 radical (unpaired) electrons. The molecule has 3 aliphatic rings. The molecule has 2 aromatic carbocycles. The van der Waals surface area contributed by atoms with Crippen LogP contribution in [-0.2, 0) is 20.8 Å². The van der Waals surface area contributed by atoms with Crippen molar-refractivity contribution in [3.05, 3.63) is 58.1 Å². The van der Waals surface area contributed by atoms with E-state index in [1.165, 1.54) is 35.2 Å². The van der Waals surface area contributed by atoms with Crippen LogP contribution in [-0.4, -0.2) is 96.2 Å². The number of piperazine rings is 1. The molecule has 0 aliphatic carbocycles. The molecular formula is C29H30Cl2F3N5O5. The van der Waals surface area contributed by atoms with Gasteiger partial charge in [0.1, 0.15) is 11.3 Å². The van der Waals surface area contributed by atoms with Gasteiger partial charge in [-0.05, 0) is 42.9 Å². The lowest BCUT2D eigenvalue weighted by atomic mass is 9.87. The number of urea groups is 1. The summed E-state index contributed by atoms with van der Waals surface area (Å²) in [7, 11) is 1.98. The molecule has 0 saturated carbocycles. The number of nitrogens with zero attached hydrogens (tertiary/aromatic N) is 4. The molecule has 2 aromatic rings. The minimum Gasteiger partial charge on any atom is -0.406 e. The Morgan fingerprint density at radius 2 is 1.64 bits per heavy atom. The maximum atomic E-state index is 14.1. The Hall–Kier alpha value is -3.55. The lowest BCUT2D eigenvalue weighted by Crippen LogP contribution is -2.47. The molecule has 1 N–H and O–H groups in total. The molecule has 0 bridgehead atoms. The number of amides is 5. The van der Waals surface area contributed by atoms with Crippen LogP contribution in [0.4, 0.5) is 23.7 Å². The van der Waals surface area contributed by atoms with E-state index in [1.54, 1.807) is 4.90 Å². The smallest absolute Gasteiger partial charge is 0.406 e. The summed E-state index contributed by atoms with van der Waals surface area (Å²) >= 11 is 12.3. The van der Waals surface area contributed by atoms with Crippen molar-refractivity contribution >= 4 is 52.6 Å². The van der Waals surface area contributed by atoms with E-state index in [-0.39, 0.29) is 59.8 Å². The standard InChI is InChI=1S/C29H30Cl2F3N5O5/c1-36-8-10-37(11-9-36)25(41)7-6-24(40)35-21-16-28(15-18-2-4-23(5-3-18)44-29(32,33)34)26(42)39(27(43)38(28)17-21)22-13-19(30)12-20(31)14-22/h2-5,12-14,21H,6-11,15-17H2,1H3,(H,35,40)/t21-,28-/m0/s1. The highest BCUT2D eigenvalue weighted by atomic mass is 35.5. The van der Waals surface area contributed by atoms with E-state index in [0.29, 0.717) is 18.7 Å². The highest BCUT2D eigenvalue weighted by molar-refractivity contribution is 6.35. The average Bonchev–Trinajstić information content (AvgIpc) is 3.38. The monoisotopic (exact) mass is 655 g/mol. The number of anilines is 1. The number of carbonyl (C=O) groups is 4. The lowest BCUT2D eigenvalue weighted by molar-refractivity contribution is -0.274. The molecular weight excluding hydrogens is 626 g/mol. The van der Waals surface area contributed by atoms with Gasteiger partial charge in [-0.2, -0.15) is 0 Å². The Balaban J connectivity index is 1.33. The van der Waals surface area contributed by atoms with Crippen LogP contribution in [0.5, 0.6) is 5.75 Å². The summed E-state index contributed by atoms with van der Waals surface area (Å²) in [5.74, 6) is -1.52. The van der Waals surface area contributed by atoms with Gasteiger partial charge in [0.05, 0.1) is 5.69 Å². The minimum atomic E-state index is -4.87. The highest BCUT2D eigenvalue weighted by Gasteiger charge is 2.62. The number of rotatable bonds is 8. The Labute approximate surface area is 261 Å². The second kappa shape index (κ2) is 12.4. The first kappa shape index (κ1) is 31.9. The van der Waals surface area contributed by atoms with E-state index in [2.05, 4.69) is 15.0 Å². The summed E-state index contributed by atoms with van der Waals surface area (Å²) in [6, 6.07) is 8.11. The Kier molecular flexibility index (Phi) is 9.01. The van der Waals surface area contributed by atoms with Crippen LogP contribution < -0.4 is 15.0 Å². The zero-order chi connectivity index (χ0) is 31.8. The van der Waals surface area contributed by atoms with Crippen molar-refractivity contribution in [1.82, 2.24) is 20.0 Å². The van der Waals surface area contributed by atoms with Crippen LogP contribution in [0, 0.1) is 0 Å². The quantitative estimate of drug-likeness (QED) is 0.430. The van der Waals surface area contributed by atoms with Gasteiger partial charge in [0.2, 0.25) is 11.8 Å². The fourth-order valence-corrected chi connectivity index (χ4v) is 6.49. The minimum absolute atomic E-state index is 0.00276. The third kappa shape index (κ3) is 6.89. The molecule has 15 heteroatoms. The van der Waals surface area contributed by atoms with E-state index in [4.69, 9.17) is 23.2 Å². The van der Waals surface area contributed by atoms with Crippen LogP contribution in [0.25, 0.3) is 0 Å². The van der Waals surface area contributed by atoms with E-state index in [1.807, 2.05) is 7.05 Å². The van der Waals surface area contributed by atoms with Crippen molar-refractivity contribution in [3.8, 4) is 5.75 Å². The molecule has 5 rings (SSSR count). The normalized spacial score (nSPS) is 22.4. The Morgan fingerprint density at radius 3 is 2.25 bits per heavy atom. The first-order chi connectivity index (χ1) is 20.7. The molecule has 236 valence electrons. The third-order valence-corrected chi connectivity index (χ3v) is 8.51. The summed E-state index contributed by atoms with van der Waals surface area (Å²) in [6.07, 6.45) is -4.88. The van der Waals surface area contributed by atoms with Crippen LogP contribution in [0.2, 0.25) is 10.0 Å². The first-order valence-corrected chi connectivity index (χ1v) is 14.7. The zero-order valence-corrected chi connectivity index (χ0v) is 25.2. The highest BCUT2D eigenvalue weighted by Crippen LogP contribution is 2.43. The second-order valence-corrected chi connectivity index (χ2v) is 12.1. The number of hydrogen-bond donors (Lipinski definition) is 1. The molecule has 3 saturated heterocycles. The average molecular weight is 656 g/mol. The third-order valence-electron chi connectivity index (χ3n) is 8.07.